The van der Waals surface area contributed by atoms with Gasteiger partial charge in [0.2, 0.25) is 0 Å². The van der Waals surface area contributed by atoms with Crippen LogP contribution in [0.25, 0.3) is 21.5 Å². The molecule has 0 unspecified atom stereocenters. The van der Waals surface area contributed by atoms with Crippen LogP contribution in [0.5, 0.6) is 0 Å². The minimum Gasteiger partial charge on any atom is -0.353 e. The zero-order chi connectivity index (χ0) is 18.8. The van der Waals surface area contributed by atoms with Crippen molar-refractivity contribution in [2.75, 3.05) is 0 Å². The van der Waals surface area contributed by atoms with Crippen LogP contribution in [0.2, 0.25) is 10.0 Å². The first-order valence-electron chi connectivity index (χ1n) is 8.06. The van der Waals surface area contributed by atoms with E-state index in [4.69, 9.17) is 23.2 Å². The van der Waals surface area contributed by atoms with Crippen LogP contribution < -0.4 is 5.43 Å². The van der Waals surface area contributed by atoms with E-state index in [1.165, 1.54) is 6.21 Å². The second kappa shape index (κ2) is 7.56. The molecular formula is C20H13Cl2N3OS. The molecular weight excluding hydrogens is 401 g/mol. The Morgan fingerprint density at radius 2 is 1.96 bits per heavy atom. The standard InChI is InChI=1S/C20H13Cl2N3OS/c21-15-7-6-12(9-16(15)22)11-23-25-20(26)14-4-1-3-13-10-17(24-19(13)14)18-5-2-8-27-18/h1-11,24H,(H,25,26)/b23-11-. The minimum absolute atomic E-state index is 0.295. The van der Waals surface area contributed by atoms with E-state index >= 15 is 0 Å². The van der Waals surface area contributed by atoms with Crippen molar-refractivity contribution in [3.63, 3.8) is 0 Å². The first-order chi connectivity index (χ1) is 13.1. The number of hydrogen-bond acceptors (Lipinski definition) is 3. The van der Waals surface area contributed by atoms with Gasteiger partial charge in [-0.05, 0) is 41.3 Å². The molecule has 0 spiro atoms. The molecule has 2 aromatic carbocycles. The largest absolute Gasteiger partial charge is 0.353 e. The summed E-state index contributed by atoms with van der Waals surface area (Å²) in [6, 6.07) is 16.8. The van der Waals surface area contributed by atoms with E-state index in [9.17, 15) is 4.79 Å². The first kappa shape index (κ1) is 17.8. The Kier molecular flexibility index (Phi) is 4.99. The summed E-state index contributed by atoms with van der Waals surface area (Å²) in [6.07, 6.45) is 1.52. The number of H-pyrrole nitrogens is 1. The van der Waals surface area contributed by atoms with Gasteiger partial charge in [-0.1, -0.05) is 47.5 Å². The molecule has 7 heteroatoms. The van der Waals surface area contributed by atoms with Crippen LogP contribution in [0.1, 0.15) is 15.9 Å². The summed E-state index contributed by atoms with van der Waals surface area (Å²) in [7, 11) is 0. The van der Waals surface area contributed by atoms with E-state index in [1.54, 1.807) is 35.6 Å². The number of benzene rings is 2. The zero-order valence-corrected chi connectivity index (χ0v) is 16.2. The van der Waals surface area contributed by atoms with Crippen molar-refractivity contribution in [1.29, 1.82) is 0 Å². The maximum atomic E-state index is 12.6. The molecule has 0 radical (unpaired) electrons. The first-order valence-corrected chi connectivity index (χ1v) is 9.69. The monoisotopic (exact) mass is 413 g/mol. The lowest BCUT2D eigenvalue weighted by Crippen LogP contribution is -2.18. The van der Waals surface area contributed by atoms with E-state index in [1.807, 2.05) is 35.7 Å². The Balaban J connectivity index is 1.57. The Morgan fingerprint density at radius 1 is 1.07 bits per heavy atom. The van der Waals surface area contributed by atoms with Crippen LogP contribution in [0.4, 0.5) is 0 Å². The summed E-state index contributed by atoms with van der Waals surface area (Å²) in [4.78, 5) is 17.0. The number of aromatic amines is 1. The highest BCUT2D eigenvalue weighted by Crippen LogP contribution is 2.29. The Hall–Kier alpha value is -2.60. The maximum Gasteiger partial charge on any atom is 0.273 e. The highest BCUT2D eigenvalue weighted by atomic mass is 35.5. The topological polar surface area (TPSA) is 57.2 Å². The average Bonchev–Trinajstić information content (AvgIpc) is 3.33. The molecule has 0 aliphatic carbocycles. The van der Waals surface area contributed by atoms with E-state index < -0.39 is 0 Å². The third-order valence-electron chi connectivity index (χ3n) is 4.01. The summed E-state index contributed by atoms with van der Waals surface area (Å²) in [5.74, 6) is -0.295. The fourth-order valence-electron chi connectivity index (χ4n) is 2.73. The third kappa shape index (κ3) is 3.76. The van der Waals surface area contributed by atoms with Gasteiger partial charge in [0.25, 0.3) is 5.91 Å². The predicted molar refractivity (Wildman–Crippen MR) is 113 cm³/mol. The average molecular weight is 414 g/mol. The molecule has 4 aromatic rings. The van der Waals surface area contributed by atoms with E-state index in [2.05, 4.69) is 15.5 Å². The number of para-hydroxylation sites is 1. The molecule has 2 N–H and O–H groups in total. The summed E-state index contributed by atoms with van der Waals surface area (Å²) in [5.41, 5.74) is 5.59. The number of amides is 1. The van der Waals surface area contributed by atoms with Crippen molar-refractivity contribution in [3.05, 3.63) is 81.1 Å². The Bertz CT molecular complexity index is 1150. The van der Waals surface area contributed by atoms with Crippen molar-refractivity contribution in [3.8, 4) is 10.6 Å². The molecule has 0 fully saturated rings. The van der Waals surface area contributed by atoms with Gasteiger partial charge in [-0.15, -0.1) is 11.3 Å². The number of hydrazone groups is 1. The van der Waals surface area contributed by atoms with Crippen molar-refractivity contribution >= 4 is 57.6 Å². The molecule has 134 valence electrons. The van der Waals surface area contributed by atoms with Crippen LogP contribution in [0, 0.1) is 0 Å². The highest BCUT2D eigenvalue weighted by Gasteiger charge is 2.12. The number of fused-ring (bicyclic) bond motifs is 1. The third-order valence-corrected chi connectivity index (χ3v) is 5.65. The Morgan fingerprint density at radius 3 is 2.74 bits per heavy atom. The second-order valence-electron chi connectivity index (χ2n) is 5.80. The molecule has 1 amide bonds. The zero-order valence-electron chi connectivity index (χ0n) is 13.9. The van der Waals surface area contributed by atoms with Gasteiger partial charge in [-0.2, -0.15) is 5.10 Å². The van der Waals surface area contributed by atoms with Crippen LogP contribution >= 0.6 is 34.5 Å². The number of carbonyl (C=O) groups excluding carboxylic acids is 1. The fourth-order valence-corrected chi connectivity index (χ4v) is 3.73. The van der Waals surface area contributed by atoms with Gasteiger partial charge >= 0.3 is 0 Å². The van der Waals surface area contributed by atoms with Gasteiger partial charge in [-0.3, -0.25) is 4.79 Å². The molecule has 4 rings (SSSR count). The lowest BCUT2D eigenvalue weighted by molar-refractivity contribution is 0.0956. The van der Waals surface area contributed by atoms with Crippen LogP contribution in [0.15, 0.2) is 65.1 Å². The van der Waals surface area contributed by atoms with Crippen molar-refractivity contribution < 1.29 is 4.79 Å². The molecule has 2 aromatic heterocycles. The lowest BCUT2D eigenvalue weighted by Gasteiger charge is -2.02. The number of hydrogen-bond donors (Lipinski definition) is 2. The molecule has 2 heterocycles. The second-order valence-corrected chi connectivity index (χ2v) is 7.56. The summed E-state index contributed by atoms with van der Waals surface area (Å²) in [5, 5.41) is 7.91. The lowest BCUT2D eigenvalue weighted by atomic mass is 10.1. The van der Waals surface area contributed by atoms with Crippen LogP contribution in [-0.2, 0) is 0 Å². The summed E-state index contributed by atoms with van der Waals surface area (Å²) >= 11 is 13.5. The van der Waals surface area contributed by atoms with E-state index in [0.717, 1.165) is 27.0 Å². The number of rotatable bonds is 4. The summed E-state index contributed by atoms with van der Waals surface area (Å²) < 4.78 is 0. The Labute approximate surface area is 169 Å². The molecule has 0 bridgehead atoms. The number of nitrogens with one attached hydrogen (secondary N) is 2. The molecule has 0 aliphatic rings. The van der Waals surface area contributed by atoms with Gasteiger partial charge in [0.05, 0.1) is 37.9 Å². The van der Waals surface area contributed by atoms with Gasteiger partial charge in [0.1, 0.15) is 0 Å². The molecule has 0 atom stereocenters. The molecule has 4 nitrogen and oxygen atoms in total. The van der Waals surface area contributed by atoms with E-state index in [-0.39, 0.29) is 5.91 Å². The van der Waals surface area contributed by atoms with E-state index in [0.29, 0.717) is 15.6 Å². The number of aromatic nitrogens is 1. The van der Waals surface area contributed by atoms with Gasteiger partial charge < -0.3 is 4.98 Å². The van der Waals surface area contributed by atoms with Crippen LogP contribution in [-0.4, -0.2) is 17.1 Å². The molecule has 0 aliphatic heterocycles. The van der Waals surface area contributed by atoms with Gasteiger partial charge in [0, 0.05) is 5.39 Å². The van der Waals surface area contributed by atoms with Crippen LogP contribution in [0.3, 0.4) is 0 Å². The highest BCUT2D eigenvalue weighted by molar-refractivity contribution is 7.13. The number of nitrogens with zero attached hydrogens (tertiary/aromatic N) is 1. The molecule has 0 saturated carbocycles. The predicted octanol–water partition coefficient (Wildman–Crippen LogP) is 5.97. The number of carbonyl (C=O) groups is 1. The quantitative estimate of drug-likeness (QED) is 0.314. The normalized spacial score (nSPS) is 11.3. The smallest absolute Gasteiger partial charge is 0.273 e. The van der Waals surface area contributed by atoms with Crippen molar-refractivity contribution in [2.24, 2.45) is 5.10 Å². The number of thiophene rings is 1. The number of halogens is 2. The summed E-state index contributed by atoms with van der Waals surface area (Å²) in [6.45, 7) is 0. The molecule has 0 saturated heterocycles. The minimum atomic E-state index is -0.295. The van der Waals surface area contributed by atoms with Crippen molar-refractivity contribution in [1.82, 2.24) is 10.4 Å². The fraction of sp³-hybridized carbons (Fsp3) is 0. The van der Waals surface area contributed by atoms with Gasteiger partial charge in [-0.25, -0.2) is 5.43 Å². The SMILES string of the molecule is O=C(N/N=C\c1ccc(Cl)c(Cl)c1)c1cccc2cc(-c3cccs3)[nH]c12. The van der Waals surface area contributed by atoms with Gasteiger partial charge in [0.15, 0.2) is 0 Å². The maximum absolute atomic E-state index is 12.6. The van der Waals surface area contributed by atoms with Crippen molar-refractivity contribution in [2.45, 2.75) is 0 Å². The molecule has 27 heavy (non-hydrogen) atoms.